The second kappa shape index (κ2) is 12.4. The van der Waals surface area contributed by atoms with E-state index in [0.717, 1.165) is 49.7 Å². The maximum Gasteiger partial charge on any atom is 0.251 e. The summed E-state index contributed by atoms with van der Waals surface area (Å²) in [6.45, 7) is 4.91. The van der Waals surface area contributed by atoms with E-state index in [1.807, 2.05) is 31.2 Å². The Labute approximate surface area is 195 Å². The van der Waals surface area contributed by atoms with Crippen molar-refractivity contribution >= 4 is 35.8 Å². The summed E-state index contributed by atoms with van der Waals surface area (Å²) in [4.78, 5) is 16.4. The van der Waals surface area contributed by atoms with Crippen molar-refractivity contribution in [2.75, 3.05) is 26.7 Å². The van der Waals surface area contributed by atoms with Crippen LogP contribution in [-0.4, -0.2) is 38.6 Å². The van der Waals surface area contributed by atoms with E-state index in [-0.39, 0.29) is 29.9 Å². The topological polar surface area (TPSA) is 74.8 Å². The minimum Gasteiger partial charge on any atom is -0.493 e. The van der Waals surface area contributed by atoms with Crippen LogP contribution in [0.1, 0.15) is 40.4 Å². The van der Waals surface area contributed by atoms with Gasteiger partial charge in [-0.05, 0) is 47.7 Å². The Hall–Kier alpha value is -2.29. The smallest absolute Gasteiger partial charge is 0.251 e. The number of ether oxygens (including phenoxy) is 1. The van der Waals surface area contributed by atoms with Crippen molar-refractivity contribution in [3.63, 3.8) is 0 Å². The highest BCUT2D eigenvalue weighted by Gasteiger charge is 2.12. The Morgan fingerprint density at radius 2 is 1.93 bits per heavy atom. The van der Waals surface area contributed by atoms with Gasteiger partial charge in [0.25, 0.3) is 5.91 Å². The van der Waals surface area contributed by atoms with Gasteiger partial charge in [-0.3, -0.25) is 9.79 Å². The SMILES string of the molecule is CCCNC(=O)c1cccc(CNC(=NC)NCCc2ccc3c(c2)CCO3)c1.I. The van der Waals surface area contributed by atoms with Crippen LogP contribution in [0.5, 0.6) is 5.75 Å². The van der Waals surface area contributed by atoms with Gasteiger partial charge in [-0.15, -0.1) is 24.0 Å². The van der Waals surface area contributed by atoms with Crippen LogP contribution in [0, 0.1) is 0 Å². The molecule has 1 amide bonds. The summed E-state index contributed by atoms with van der Waals surface area (Å²) >= 11 is 0. The van der Waals surface area contributed by atoms with Gasteiger partial charge in [0.05, 0.1) is 6.61 Å². The zero-order chi connectivity index (χ0) is 20.5. The van der Waals surface area contributed by atoms with Crippen molar-refractivity contribution in [3.8, 4) is 5.75 Å². The molecule has 2 aromatic rings. The Balaban J connectivity index is 0.00000320. The molecule has 0 spiro atoms. The van der Waals surface area contributed by atoms with Crippen molar-refractivity contribution in [2.24, 2.45) is 4.99 Å². The number of aliphatic imine (C=N–C) groups is 1. The first-order valence-electron chi connectivity index (χ1n) is 10.3. The molecule has 0 unspecified atom stereocenters. The molecule has 1 aliphatic heterocycles. The third kappa shape index (κ3) is 6.90. The van der Waals surface area contributed by atoms with E-state index in [4.69, 9.17) is 4.74 Å². The minimum absolute atomic E-state index is 0. The zero-order valence-corrected chi connectivity index (χ0v) is 20.0. The van der Waals surface area contributed by atoms with E-state index in [0.29, 0.717) is 18.7 Å². The number of fused-ring (bicyclic) bond motifs is 1. The summed E-state index contributed by atoms with van der Waals surface area (Å²) in [5.41, 5.74) is 4.31. The number of hydrogen-bond acceptors (Lipinski definition) is 3. The summed E-state index contributed by atoms with van der Waals surface area (Å²) in [5, 5.41) is 9.57. The van der Waals surface area contributed by atoms with Crippen LogP contribution >= 0.6 is 24.0 Å². The number of nitrogens with one attached hydrogen (secondary N) is 3. The minimum atomic E-state index is -0.0315. The Morgan fingerprint density at radius 3 is 2.73 bits per heavy atom. The summed E-state index contributed by atoms with van der Waals surface area (Å²) < 4.78 is 5.56. The first-order chi connectivity index (χ1) is 14.2. The average Bonchev–Trinajstić information content (AvgIpc) is 3.22. The maximum atomic E-state index is 12.1. The fourth-order valence-corrected chi connectivity index (χ4v) is 3.29. The second-order valence-electron chi connectivity index (χ2n) is 7.10. The molecule has 0 saturated carbocycles. The van der Waals surface area contributed by atoms with Gasteiger partial charge in [0, 0.05) is 38.7 Å². The Bertz CT molecular complexity index is 870. The maximum absolute atomic E-state index is 12.1. The molecule has 0 saturated heterocycles. The summed E-state index contributed by atoms with van der Waals surface area (Å²) in [6.07, 6.45) is 2.84. The summed E-state index contributed by atoms with van der Waals surface area (Å²) in [7, 11) is 1.76. The van der Waals surface area contributed by atoms with E-state index in [2.05, 4.69) is 39.1 Å². The first-order valence-corrected chi connectivity index (χ1v) is 10.3. The third-order valence-corrected chi connectivity index (χ3v) is 4.87. The Kier molecular flexibility index (Phi) is 9.93. The zero-order valence-electron chi connectivity index (χ0n) is 17.7. The van der Waals surface area contributed by atoms with Gasteiger partial charge in [-0.2, -0.15) is 0 Å². The second-order valence-corrected chi connectivity index (χ2v) is 7.10. The molecule has 0 atom stereocenters. The quantitative estimate of drug-likeness (QED) is 0.283. The van der Waals surface area contributed by atoms with E-state index in [1.165, 1.54) is 11.1 Å². The van der Waals surface area contributed by atoms with Crippen LogP contribution < -0.4 is 20.7 Å². The van der Waals surface area contributed by atoms with Crippen LogP contribution in [0.15, 0.2) is 47.5 Å². The highest BCUT2D eigenvalue weighted by molar-refractivity contribution is 14.0. The van der Waals surface area contributed by atoms with Gasteiger partial charge in [-0.1, -0.05) is 31.2 Å². The molecule has 2 aromatic carbocycles. The van der Waals surface area contributed by atoms with Gasteiger partial charge in [0.15, 0.2) is 5.96 Å². The lowest BCUT2D eigenvalue weighted by Crippen LogP contribution is -2.37. The number of carbonyl (C=O) groups excluding carboxylic acids is 1. The van der Waals surface area contributed by atoms with Gasteiger partial charge in [0.2, 0.25) is 0 Å². The van der Waals surface area contributed by atoms with Gasteiger partial charge < -0.3 is 20.7 Å². The molecule has 3 rings (SSSR count). The number of guanidine groups is 1. The van der Waals surface area contributed by atoms with Crippen molar-refractivity contribution < 1.29 is 9.53 Å². The highest BCUT2D eigenvalue weighted by atomic mass is 127. The number of hydrogen-bond donors (Lipinski definition) is 3. The standard InChI is InChI=1S/C23H30N4O2.HI/c1-3-11-25-22(28)20-6-4-5-18(15-20)16-27-23(24-2)26-12-9-17-7-8-21-19(14-17)10-13-29-21;/h4-8,14-15H,3,9-13,16H2,1-2H3,(H,25,28)(H2,24,26,27);1H. The molecule has 0 bridgehead atoms. The lowest BCUT2D eigenvalue weighted by molar-refractivity contribution is 0.0953. The van der Waals surface area contributed by atoms with Crippen molar-refractivity contribution in [3.05, 3.63) is 64.7 Å². The van der Waals surface area contributed by atoms with E-state index < -0.39 is 0 Å². The largest absolute Gasteiger partial charge is 0.493 e. The molecule has 7 heteroatoms. The molecule has 0 aromatic heterocycles. The number of nitrogens with zero attached hydrogens (tertiary/aromatic N) is 1. The molecular weight excluding hydrogens is 491 g/mol. The van der Waals surface area contributed by atoms with Crippen LogP contribution in [0.25, 0.3) is 0 Å². The average molecular weight is 522 g/mol. The predicted octanol–water partition coefficient (Wildman–Crippen LogP) is 3.29. The molecule has 6 nitrogen and oxygen atoms in total. The van der Waals surface area contributed by atoms with E-state index in [1.54, 1.807) is 7.05 Å². The molecular formula is C23H31IN4O2. The summed E-state index contributed by atoms with van der Waals surface area (Å²) in [5.74, 6) is 1.73. The molecule has 1 heterocycles. The van der Waals surface area contributed by atoms with Crippen LogP contribution in [-0.2, 0) is 19.4 Å². The molecule has 162 valence electrons. The highest BCUT2D eigenvalue weighted by Crippen LogP contribution is 2.25. The normalized spacial score (nSPS) is 12.4. The van der Waals surface area contributed by atoms with E-state index in [9.17, 15) is 4.79 Å². The lowest BCUT2D eigenvalue weighted by atomic mass is 10.1. The predicted molar refractivity (Wildman–Crippen MR) is 132 cm³/mol. The molecule has 1 aliphatic rings. The molecule has 0 aliphatic carbocycles. The fraction of sp³-hybridized carbons (Fsp3) is 0.391. The molecule has 0 radical (unpaired) electrons. The van der Waals surface area contributed by atoms with Crippen molar-refractivity contribution in [1.82, 2.24) is 16.0 Å². The lowest BCUT2D eigenvalue weighted by Gasteiger charge is -2.13. The number of rotatable bonds is 8. The van der Waals surface area contributed by atoms with Crippen molar-refractivity contribution in [2.45, 2.75) is 32.7 Å². The molecule has 0 fully saturated rings. The fourth-order valence-electron chi connectivity index (χ4n) is 3.29. The molecule has 30 heavy (non-hydrogen) atoms. The van der Waals surface area contributed by atoms with Crippen LogP contribution in [0.3, 0.4) is 0 Å². The number of benzene rings is 2. The summed E-state index contributed by atoms with van der Waals surface area (Å²) in [6, 6.07) is 14.1. The Morgan fingerprint density at radius 1 is 1.07 bits per heavy atom. The first kappa shape index (κ1) is 24.0. The van der Waals surface area contributed by atoms with Gasteiger partial charge in [-0.25, -0.2) is 0 Å². The number of halogens is 1. The van der Waals surface area contributed by atoms with Crippen LogP contribution in [0.2, 0.25) is 0 Å². The van der Waals surface area contributed by atoms with Crippen molar-refractivity contribution in [1.29, 1.82) is 0 Å². The number of amides is 1. The number of carbonyl (C=O) groups is 1. The van der Waals surface area contributed by atoms with Gasteiger partial charge >= 0.3 is 0 Å². The molecule has 3 N–H and O–H groups in total. The van der Waals surface area contributed by atoms with Gasteiger partial charge in [0.1, 0.15) is 5.75 Å². The van der Waals surface area contributed by atoms with E-state index >= 15 is 0 Å². The monoisotopic (exact) mass is 522 g/mol. The third-order valence-electron chi connectivity index (χ3n) is 4.87. The van der Waals surface area contributed by atoms with Crippen LogP contribution in [0.4, 0.5) is 0 Å².